The molecule has 0 spiro atoms. The van der Waals surface area contributed by atoms with Crippen LogP contribution >= 0.6 is 0 Å². The molecule has 0 bridgehead atoms. The van der Waals surface area contributed by atoms with Crippen LogP contribution in [0.4, 0.5) is 0 Å². The monoisotopic (exact) mass is 159 g/mol. The topological polar surface area (TPSA) is 86.6 Å². The van der Waals surface area contributed by atoms with Gasteiger partial charge in [-0.2, -0.15) is 0 Å². The number of amides is 1. The standard InChI is InChI=1S/C6H9NO4/c8-3-1-2-4(9)7-5(3)6(10)11/h3,5,8H,1-2H2,(H,7,9)(H,10,11)/t3?,5-/m0/s1. The van der Waals surface area contributed by atoms with E-state index in [-0.39, 0.29) is 18.7 Å². The number of hydrogen-bond donors (Lipinski definition) is 3. The molecule has 1 rings (SSSR count). The van der Waals surface area contributed by atoms with Gasteiger partial charge in [-0.25, -0.2) is 4.79 Å². The number of carbonyl (C=O) groups excluding carboxylic acids is 1. The zero-order valence-electron chi connectivity index (χ0n) is 5.78. The van der Waals surface area contributed by atoms with Crippen LogP contribution in [0.3, 0.4) is 0 Å². The van der Waals surface area contributed by atoms with Crippen molar-refractivity contribution in [3.05, 3.63) is 0 Å². The van der Waals surface area contributed by atoms with Crippen LogP contribution in [-0.4, -0.2) is 34.2 Å². The molecular weight excluding hydrogens is 150 g/mol. The summed E-state index contributed by atoms with van der Waals surface area (Å²) in [4.78, 5) is 21.0. The molecule has 1 unspecified atom stereocenters. The number of aliphatic carboxylic acids is 1. The highest BCUT2D eigenvalue weighted by Gasteiger charge is 2.32. The Morgan fingerprint density at radius 1 is 1.64 bits per heavy atom. The van der Waals surface area contributed by atoms with Gasteiger partial charge in [0.25, 0.3) is 0 Å². The van der Waals surface area contributed by atoms with Crippen LogP contribution in [0.1, 0.15) is 12.8 Å². The molecule has 2 atom stereocenters. The molecule has 1 amide bonds. The van der Waals surface area contributed by atoms with E-state index >= 15 is 0 Å². The molecule has 0 aliphatic carbocycles. The normalized spacial score (nSPS) is 31.2. The molecule has 11 heavy (non-hydrogen) atoms. The number of carboxylic acid groups (broad SMARTS) is 1. The molecule has 1 fully saturated rings. The minimum atomic E-state index is -1.19. The third kappa shape index (κ3) is 1.68. The second-order valence-electron chi connectivity index (χ2n) is 2.49. The van der Waals surface area contributed by atoms with Crippen molar-refractivity contribution >= 4 is 11.9 Å². The summed E-state index contributed by atoms with van der Waals surface area (Å²) in [5.41, 5.74) is 0. The van der Waals surface area contributed by atoms with Gasteiger partial charge in [0.15, 0.2) is 6.04 Å². The first-order valence-corrected chi connectivity index (χ1v) is 3.31. The minimum Gasteiger partial charge on any atom is -0.480 e. The molecule has 1 aliphatic heterocycles. The predicted molar refractivity (Wildman–Crippen MR) is 34.8 cm³/mol. The van der Waals surface area contributed by atoms with Crippen LogP contribution in [0.15, 0.2) is 0 Å². The van der Waals surface area contributed by atoms with Crippen molar-refractivity contribution in [3.8, 4) is 0 Å². The molecule has 0 aromatic rings. The van der Waals surface area contributed by atoms with Gasteiger partial charge < -0.3 is 15.5 Å². The third-order valence-electron chi connectivity index (χ3n) is 1.63. The van der Waals surface area contributed by atoms with E-state index in [1.807, 2.05) is 0 Å². The molecular formula is C6H9NO4. The van der Waals surface area contributed by atoms with Crippen molar-refractivity contribution in [2.45, 2.75) is 25.0 Å². The molecule has 0 aromatic heterocycles. The maximum atomic E-state index is 10.6. The van der Waals surface area contributed by atoms with Gasteiger partial charge in [-0.3, -0.25) is 4.79 Å². The van der Waals surface area contributed by atoms with Gasteiger partial charge in [-0.1, -0.05) is 0 Å². The molecule has 0 saturated carbocycles. The molecule has 5 nitrogen and oxygen atoms in total. The van der Waals surface area contributed by atoms with Crippen molar-refractivity contribution < 1.29 is 19.8 Å². The number of aliphatic hydroxyl groups is 1. The van der Waals surface area contributed by atoms with Crippen LogP contribution in [0.5, 0.6) is 0 Å². The lowest BCUT2D eigenvalue weighted by Gasteiger charge is -2.24. The average molecular weight is 159 g/mol. The largest absolute Gasteiger partial charge is 0.480 e. The highest BCUT2D eigenvalue weighted by molar-refractivity contribution is 5.85. The molecule has 3 N–H and O–H groups in total. The Kier molecular flexibility index (Phi) is 2.09. The van der Waals surface area contributed by atoms with E-state index in [1.165, 1.54) is 0 Å². The Morgan fingerprint density at radius 3 is 2.73 bits per heavy atom. The number of hydrogen-bond acceptors (Lipinski definition) is 3. The van der Waals surface area contributed by atoms with Crippen LogP contribution in [0, 0.1) is 0 Å². The Balaban J connectivity index is 2.61. The number of carboxylic acids is 1. The number of rotatable bonds is 1. The summed E-state index contributed by atoms with van der Waals surface area (Å²) >= 11 is 0. The molecule has 0 aromatic carbocycles. The molecule has 1 aliphatic rings. The van der Waals surface area contributed by atoms with E-state index in [9.17, 15) is 9.59 Å². The second kappa shape index (κ2) is 2.87. The van der Waals surface area contributed by atoms with E-state index in [0.717, 1.165) is 0 Å². The molecule has 0 radical (unpaired) electrons. The van der Waals surface area contributed by atoms with Gasteiger partial charge in [0.1, 0.15) is 0 Å². The van der Waals surface area contributed by atoms with Crippen LogP contribution in [-0.2, 0) is 9.59 Å². The van der Waals surface area contributed by atoms with Gasteiger partial charge in [-0.05, 0) is 6.42 Å². The van der Waals surface area contributed by atoms with Crippen LogP contribution in [0.2, 0.25) is 0 Å². The van der Waals surface area contributed by atoms with E-state index in [4.69, 9.17) is 10.2 Å². The highest BCUT2D eigenvalue weighted by Crippen LogP contribution is 2.08. The van der Waals surface area contributed by atoms with E-state index in [0.29, 0.717) is 0 Å². The van der Waals surface area contributed by atoms with Gasteiger partial charge in [0, 0.05) is 6.42 Å². The predicted octanol–water partition coefficient (Wildman–Crippen LogP) is -1.29. The van der Waals surface area contributed by atoms with E-state index < -0.39 is 18.1 Å². The van der Waals surface area contributed by atoms with Crippen molar-refractivity contribution in [3.63, 3.8) is 0 Å². The molecule has 1 saturated heterocycles. The summed E-state index contributed by atoms with van der Waals surface area (Å²) in [6.45, 7) is 0. The first kappa shape index (κ1) is 8.00. The number of nitrogens with one attached hydrogen (secondary N) is 1. The van der Waals surface area contributed by atoms with Gasteiger partial charge in [0.2, 0.25) is 5.91 Å². The fourth-order valence-electron chi connectivity index (χ4n) is 1.01. The quantitative estimate of drug-likeness (QED) is 0.444. The van der Waals surface area contributed by atoms with Gasteiger partial charge >= 0.3 is 5.97 Å². The molecule has 1 heterocycles. The first-order chi connectivity index (χ1) is 5.11. The number of aliphatic hydroxyl groups excluding tert-OH is 1. The third-order valence-corrected chi connectivity index (χ3v) is 1.63. The zero-order chi connectivity index (χ0) is 8.43. The maximum Gasteiger partial charge on any atom is 0.328 e. The van der Waals surface area contributed by atoms with Crippen molar-refractivity contribution in [2.24, 2.45) is 0 Å². The SMILES string of the molecule is O=C1CCC(O)[C@@H](C(=O)O)N1. The lowest BCUT2D eigenvalue weighted by Crippen LogP contribution is -2.52. The highest BCUT2D eigenvalue weighted by atomic mass is 16.4. The van der Waals surface area contributed by atoms with Crippen molar-refractivity contribution in [1.82, 2.24) is 5.32 Å². The van der Waals surface area contributed by atoms with Gasteiger partial charge in [-0.15, -0.1) is 0 Å². The first-order valence-electron chi connectivity index (χ1n) is 3.31. The number of carbonyl (C=O) groups is 2. The Morgan fingerprint density at radius 2 is 2.27 bits per heavy atom. The lowest BCUT2D eigenvalue weighted by molar-refractivity contribution is -0.147. The van der Waals surface area contributed by atoms with E-state index in [1.54, 1.807) is 0 Å². The van der Waals surface area contributed by atoms with Crippen molar-refractivity contribution in [1.29, 1.82) is 0 Å². The van der Waals surface area contributed by atoms with Crippen molar-refractivity contribution in [2.75, 3.05) is 0 Å². The summed E-state index contributed by atoms with van der Waals surface area (Å²) in [5, 5.41) is 19.7. The number of piperidine rings is 1. The Bertz CT molecular complexity index is 191. The van der Waals surface area contributed by atoms with Gasteiger partial charge in [0.05, 0.1) is 6.10 Å². The molecule has 62 valence electrons. The summed E-state index contributed by atoms with van der Waals surface area (Å²) in [5.74, 6) is -1.51. The second-order valence-corrected chi connectivity index (χ2v) is 2.49. The Labute approximate surface area is 63.0 Å². The van der Waals surface area contributed by atoms with Crippen LogP contribution in [0.25, 0.3) is 0 Å². The smallest absolute Gasteiger partial charge is 0.328 e. The van der Waals surface area contributed by atoms with E-state index in [2.05, 4.69) is 5.32 Å². The fourth-order valence-corrected chi connectivity index (χ4v) is 1.01. The summed E-state index contributed by atoms with van der Waals surface area (Å²) in [6, 6.07) is -1.13. The maximum absolute atomic E-state index is 10.6. The fraction of sp³-hybridized carbons (Fsp3) is 0.667. The summed E-state index contributed by atoms with van der Waals surface area (Å²) in [6.07, 6.45) is -0.529. The van der Waals surface area contributed by atoms with Crippen LogP contribution < -0.4 is 5.32 Å². The minimum absolute atomic E-state index is 0.199. The average Bonchev–Trinajstić information content (AvgIpc) is 1.94. The lowest BCUT2D eigenvalue weighted by atomic mass is 10.0. The molecule has 5 heteroatoms. The Hall–Kier alpha value is -1.10. The summed E-state index contributed by atoms with van der Waals surface area (Å²) < 4.78 is 0. The zero-order valence-corrected chi connectivity index (χ0v) is 5.78. The summed E-state index contributed by atoms with van der Waals surface area (Å²) in [7, 11) is 0.